The number of phenolic OH excluding ortho intramolecular Hbond substituents is 1. The van der Waals surface area contributed by atoms with Crippen LogP contribution in [0.1, 0.15) is 18.1 Å². The van der Waals surface area contributed by atoms with Crippen molar-refractivity contribution in [2.75, 3.05) is 20.4 Å². The fourth-order valence-corrected chi connectivity index (χ4v) is 2.95. The topological polar surface area (TPSA) is 71.4 Å². The Kier molecular flexibility index (Phi) is 5.31. The maximum atomic E-state index is 9.96. The fourth-order valence-electron chi connectivity index (χ4n) is 2.95. The van der Waals surface area contributed by atoms with Crippen LogP contribution in [0.3, 0.4) is 0 Å². The van der Waals surface area contributed by atoms with Crippen molar-refractivity contribution in [1.82, 2.24) is 4.90 Å². The van der Waals surface area contributed by atoms with Crippen molar-refractivity contribution >= 4 is 0 Å². The number of benzene rings is 2. The summed E-state index contributed by atoms with van der Waals surface area (Å²) < 4.78 is 15.8. The molecule has 3 rings (SSSR count). The van der Waals surface area contributed by atoms with Crippen LogP contribution in [0.15, 0.2) is 36.4 Å². The summed E-state index contributed by atoms with van der Waals surface area (Å²) in [6.07, 6.45) is -0.458. The Morgan fingerprint density at radius 1 is 1.08 bits per heavy atom. The molecule has 2 aromatic carbocycles. The lowest BCUT2D eigenvalue weighted by Gasteiger charge is -2.24. The standard InChI is InChI=1S/C19H23NO5/c1-13(21)9-20(10-14-3-5-17(23-2)16(22)7-14)11-15-4-6-18-19(8-15)25-12-24-18/h3-8,13,21-22H,9-12H2,1-2H3/t13-/m0/s1. The quantitative estimate of drug-likeness (QED) is 0.803. The summed E-state index contributed by atoms with van der Waals surface area (Å²) in [5.74, 6) is 2.06. The molecule has 0 fully saturated rings. The molecular formula is C19H23NO5. The van der Waals surface area contributed by atoms with E-state index in [0.717, 1.165) is 22.6 Å². The second-order valence-corrected chi connectivity index (χ2v) is 6.21. The molecular weight excluding hydrogens is 322 g/mol. The molecule has 0 bridgehead atoms. The summed E-state index contributed by atoms with van der Waals surface area (Å²) in [5, 5.41) is 19.8. The highest BCUT2D eigenvalue weighted by molar-refractivity contribution is 5.44. The van der Waals surface area contributed by atoms with Gasteiger partial charge in [0.2, 0.25) is 6.79 Å². The Labute approximate surface area is 147 Å². The van der Waals surface area contributed by atoms with Crippen LogP contribution in [0.4, 0.5) is 0 Å². The normalized spacial score (nSPS) is 13.9. The van der Waals surface area contributed by atoms with Gasteiger partial charge >= 0.3 is 0 Å². The predicted octanol–water partition coefficient (Wildman–Crippen LogP) is 2.51. The summed E-state index contributed by atoms with van der Waals surface area (Å²) in [6, 6.07) is 11.2. The average Bonchev–Trinajstić information content (AvgIpc) is 3.02. The third-order valence-electron chi connectivity index (χ3n) is 4.02. The van der Waals surface area contributed by atoms with E-state index >= 15 is 0 Å². The van der Waals surface area contributed by atoms with Crippen LogP contribution in [0.25, 0.3) is 0 Å². The molecule has 0 saturated carbocycles. The van der Waals surface area contributed by atoms with Gasteiger partial charge < -0.3 is 24.4 Å². The maximum Gasteiger partial charge on any atom is 0.231 e. The van der Waals surface area contributed by atoms with Crippen LogP contribution in [-0.4, -0.2) is 41.7 Å². The summed E-state index contributed by atoms with van der Waals surface area (Å²) in [7, 11) is 1.52. The molecule has 0 aliphatic carbocycles. The highest BCUT2D eigenvalue weighted by atomic mass is 16.7. The Morgan fingerprint density at radius 3 is 2.44 bits per heavy atom. The largest absolute Gasteiger partial charge is 0.504 e. The van der Waals surface area contributed by atoms with E-state index in [1.54, 1.807) is 19.1 Å². The minimum absolute atomic E-state index is 0.111. The first-order valence-corrected chi connectivity index (χ1v) is 8.20. The van der Waals surface area contributed by atoms with Crippen molar-refractivity contribution in [3.8, 4) is 23.0 Å². The number of ether oxygens (including phenoxy) is 3. The lowest BCUT2D eigenvalue weighted by atomic mass is 10.1. The lowest BCUT2D eigenvalue weighted by molar-refractivity contribution is 0.118. The minimum Gasteiger partial charge on any atom is -0.504 e. The molecule has 0 saturated heterocycles. The molecule has 1 aliphatic rings. The van der Waals surface area contributed by atoms with E-state index in [-0.39, 0.29) is 12.5 Å². The minimum atomic E-state index is -0.458. The van der Waals surface area contributed by atoms with E-state index in [2.05, 4.69) is 4.90 Å². The molecule has 0 spiro atoms. The van der Waals surface area contributed by atoms with Gasteiger partial charge in [-0.15, -0.1) is 0 Å². The number of aliphatic hydroxyl groups is 1. The zero-order chi connectivity index (χ0) is 17.8. The van der Waals surface area contributed by atoms with E-state index < -0.39 is 6.10 Å². The third-order valence-corrected chi connectivity index (χ3v) is 4.02. The number of nitrogens with zero attached hydrogens (tertiary/aromatic N) is 1. The van der Waals surface area contributed by atoms with Crippen molar-refractivity contribution in [3.63, 3.8) is 0 Å². The van der Waals surface area contributed by atoms with E-state index in [9.17, 15) is 10.2 Å². The molecule has 2 aromatic rings. The number of aliphatic hydroxyl groups excluding tert-OH is 1. The number of rotatable bonds is 7. The van der Waals surface area contributed by atoms with Crippen molar-refractivity contribution < 1.29 is 24.4 Å². The molecule has 0 aromatic heterocycles. The van der Waals surface area contributed by atoms with Gasteiger partial charge in [-0.2, -0.15) is 0 Å². The van der Waals surface area contributed by atoms with E-state index in [1.807, 2.05) is 24.3 Å². The van der Waals surface area contributed by atoms with Gasteiger partial charge in [-0.05, 0) is 42.3 Å². The first-order valence-electron chi connectivity index (χ1n) is 8.20. The molecule has 2 N–H and O–H groups in total. The molecule has 25 heavy (non-hydrogen) atoms. The van der Waals surface area contributed by atoms with Gasteiger partial charge in [0.25, 0.3) is 0 Å². The summed E-state index contributed by atoms with van der Waals surface area (Å²) in [6.45, 7) is 3.77. The zero-order valence-corrected chi connectivity index (χ0v) is 14.4. The van der Waals surface area contributed by atoms with Gasteiger partial charge in [-0.25, -0.2) is 0 Å². The molecule has 0 amide bonds. The number of aromatic hydroxyl groups is 1. The van der Waals surface area contributed by atoms with Gasteiger partial charge in [0.05, 0.1) is 13.2 Å². The van der Waals surface area contributed by atoms with Gasteiger partial charge in [0.1, 0.15) is 0 Å². The Hall–Kier alpha value is -2.44. The second-order valence-electron chi connectivity index (χ2n) is 6.21. The molecule has 1 heterocycles. The van der Waals surface area contributed by atoms with Crippen LogP contribution in [0.2, 0.25) is 0 Å². The molecule has 1 aliphatic heterocycles. The summed E-state index contributed by atoms with van der Waals surface area (Å²) in [4.78, 5) is 2.11. The van der Waals surface area contributed by atoms with Crippen LogP contribution >= 0.6 is 0 Å². The molecule has 6 heteroatoms. The fraction of sp³-hybridized carbons (Fsp3) is 0.368. The van der Waals surface area contributed by atoms with Gasteiger partial charge in [-0.1, -0.05) is 12.1 Å². The monoisotopic (exact) mass is 345 g/mol. The highest BCUT2D eigenvalue weighted by Crippen LogP contribution is 2.33. The third kappa shape index (κ3) is 4.35. The van der Waals surface area contributed by atoms with Crippen LogP contribution in [0, 0.1) is 0 Å². The summed E-state index contributed by atoms with van der Waals surface area (Å²) >= 11 is 0. The number of hydrogen-bond donors (Lipinski definition) is 2. The van der Waals surface area contributed by atoms with Gasteiger partial charge in [-0.3, -0.25) is 4.90 Å². The smallest absolute Gasteiger partial charge is 0.231 e. The first-order chi connectivity index (χ1) is 12.0. The Bertz CT molecular complexity index is 732. The van der Waals surface area contributed by atoms with Crippen molar-refractivity contribution in [3.05, 3.63) is 47.5 Å². The molecule has 6 nitrogen and oxygen atoms in total. The predicted molar refractivity (Wildman–Crippen MR) is 93.0 cm³/mol. The maximum absolute atomic E-state index is 9.96. The number of phenols is 1. The van der Waals surface area contributed by atoms with E-state index in [0.29, 0.717) is 25.4 Å². The van der Waals surface area contributed by atoms with Crippen LogP contribution in [0.5, 0.6) is 23.0 Å². The summed E-state index contributed by atoms with van der Waals surface area (Å²) in [5.41, 5.74) is 2.02. The van der Waals surface area contributed by atoms with Gasteiger partial charge in [0, 0.05) is 19.6 Å². The highest BCUT2D eigenvalue weighted by Gasteiger charge is 2.16. The average molecular weight is 345 g/mol. The molecule has 0 unspecified atom stereocenters. The number of fused-ring (bicyclic) bond motifs is 1. The SMILES string of the molecule is COc1ccc(CN(Cc2ccc3c(c2)OCO3)C[C@H](C)O)cc1O. The number of hydrogen-bond acceptors (Lipinski definition) is 6. The second kappa shape index (κ2) is 7.63. The first kappa shape index (κ1) is 17.4. The van der Waals surface area contributed by atoms with Crippen molar-refractivity contribution in [2.45, 2.75) is 26.1 Å². The van der Waals surface area contributed by atoms with E-state index in [1.165, 1.54) is 7.11 Å². The molecule has 0 radical (unpaired) electrons. The molecule has 1 atom stereocenters. The van der Waals surface area contributed by atoms with Gasteiger partial charge in [0.15, 0.2) is 23.0 Å². The van der Waals surface area contributed by atoms with E-state index in [4.69, 9.17) is 14.2 Å². The number of methoxy groups -OCH3 is 1. The Morgan fingerprint density at radius 2 is 1.76 bits per heavy atom. The lowest BCUT2D eigenvalue weighted by Crippen LogP contribution is -2.30. The Balaban J connectivity index is 1.74. The molecule has 134 valence electrons. The van der Waals surface area contributed by atoms with Crippen molar-refractivity contribution in [1.29, 1.82) is 0 Å². The zero-order valence-electron chi connectivity index (χ0n) is 14.4. The van der Waals surface area contributed by atoms with Crippen molar-refractivity contribution in [2.24, 2.45) is 0 Å². The van der Waals surface area contributed by atoms with Crippen LogP contribution in [-0.2, 0) is 13.1 Å². The van der Waals surface area contributed by atoms with Crippen LogP contribution < -0.4 is 14.2 Å².